The van der Waals surface area contributed by atoms with Crippen molar-refractivity contribution < 1.29 is 9.59 Å². The Morgan fingerprint density at radius 1 is 1.15 bits per heavy atom. The van der Waals surface area contributed by atoms with Gasteiger partial charge in [0.2, 0.25) is 11.8 Å². The Labute approximate surface area is 149 Å². The molecule has 0 saturated carbocycles. The number of hydrogen-bond acceptors (Lipinski definition) is 4. The molecule has 26 heavy (non-hydrogen) atoms. The standard InChI is InChI=1S/C18H18N4O4/c1-13(23)20-15-6-4-14(5-7-15)3-2-10-19-16(24)8-11-22-12-9-17(25)21-18(22)26/h4-7,9,12H,8,10-11H2,1H3,(H,19,24)(H,20,23)(H,21,25,26). The normalized spacial score (nSPS) is 9.73. The highest BCUT2D eigenvalue weighted by Crippen LogP contribution is 2.08. The second kappa shape index (κ2) is 9.03. The molecule has 0 saturated heterocycles. The van der Waals surface area contributed by atoms with Gasteiger partial charge in [0, 0.05) is 43.4 Å². The monoisotopic (exact) mass is 354 g/mol. The van der Waals surface area contributed by atoms with Gasteiger partial charge in [-0.15, -0.1) is 0 Å². The highest BCUT2D eigenvalue weighted by Gasteiger charge is 2.02. The van der Waals surface area contributed by atoms with Crippen molar-refractivity contribution in [1.82, 2.24) is 14.9 Å². The second-order valence-electron chi connectivity index (χ2n) is 5.39. The molecule has 0 fully saturated rings. The number of nitrogens with zero attached hydrogens (tertiary/aromatic N) is 1. The molecular weight excluding hydrogens is 336 g/mol. The summed E-state index contributed by atoms with van der Waals surface area (Å²) in [5, 5.41) is 5.30. The van der Waals surface area contributed by atoms with Crippen LogP contribution in [-0.4, -0.2) is 27.9 Å². The van der Waals surface area contributed by atoms with E-state index in [-0.39, 0.29) is 31.3 Å². The van der Waals surface area contributed by atoms with E-state index in [9.17, 15) is 19.2 Å². The Morgan fingerprint density at radius 2 is 1.88 bits per heavy atom. The number of aromatic nitrogens is 2. The summed E-state index contributed by atoms with van der Waals surface area (Å²) in [5.41, 5.74) is 0.422. The van der Waals surface area contributed by atoms with Gasteiger partial charge in [-0.2, -0.15) is 0 Å². The maximum absolute atomic E-state index is 11.7. The van der Waals surface area contributed by atoms with Crippen LogP contribution in [0.25, 0.3) is 0 Å². The summed E-state index contributed by atoms with van der Waals surface area (Å²) >= 11 is 0. The van der Waals surface area contributed by atoms with E-state index in [4.69, 9.17) is 0 Å². The Hall–Kier alpha value is -3.60. The summed E-state index contributed by atoms with van der Waals surface area (Å²) in [6.07, 6.45) is 1.44. The molecule has 1 aromatic carbocycles. The predicted molar refractivity (Wildman–Crippen MR) is 96.6 cm³/mol. The number of carbonyl (C=O) groups excluding carboxylic acids is 2. The number of H-pyrrole nitrogens is 1. The van der Waals surface area contributed by atoms with Gasteiger partial charge >= 0.3 is 5.69 Å². The maximum atomic E-state index is 11.7. The van der Waals surface area contributed by atoms with E-state index in [1.54, 1.807) is 24.3 Å². The summed E-state index contributed by atoms with van der Waals surface area (Å²) in [7, 11) is 0. The Morgan fingerprint density at radius 3 is 2.54 bits per heavy atom. The number of amides is 2. The number of hydrogen-bond donors (Lipinski definition) is 3. The molecule has 1 heterocycles. The van der Waals surface area contributed by atoms with Crippen LogP contribution in [0.2, 0.25) is 0 Å². The van der Waals surface area contributed by atoms with Crippen LogP contribution in [0.5, 0.6) is 0 Å². The number of nitrogens with one attached hydrogen (secondary N) is 3. The van der Waals surface area contributed by atoms with Crippen molar-refractivity contribution in [3.05, 3.63) is 62.9 Å². The number of aryl methyl sites for hydroxylation is 1. The van der Waals surface area contributed by atoms with Gasteiger partial charge in [0.05, 0.1) is 6.54 Å². The summed E-state index contributed by atoms with van der Waals surface area (Å²) in [4.78, 5) is 47.2. The fourth-order valence-corrected chi connectivity index (χ4v) is 2.06. The number of aromatic amines is 1. The average molecular weight is 354 g/mol. The largest absolute Gasteiger partial charge is 0.345 e. The van der Waals surface area contributed by atoms with Crippen molar-refractivity contribution in [3.8, 4) is 11.8 Å². The summed E-state index contributed by atoms with van der Waals surface area (Å²) in [5.74, 6) is 5.33. The molecular formula is C18H18N4O4. The third-order valence-electron chi connectivity index (χ3n) is 3.29. The van der Waals surface area contributed by atoms with E-state index in [0.29, 0.717) is 5.69 Å². The van der Waals surface area contributed by atoms with Crippen LogP contribution in [0.1, 0.15) is 18.9 Å². The lowest BCUT2D eigenvalue weighted by Gasteiger charge is -2.04. The first-order chi connectivity index (χ1) is 12.4. The first kappa shape index (κ1) is 18.7. The summed E-state index contributed by atoms with van der Waals surface area (Å²) in [6, 6.07) is 8.24. The van der Waals surface area contributed by atoms with Gasteiger partial charge in [-0.1, -0.05) is 11.8 Å². The van der Waals surface area contributed by atoms with Gasteiger partial charge < -0.3 is 15.2 Å². The Balaban J connectivity index is 1.78. The number of benzene rings is 1. The third kappa shape index (κ3) is 6.13. The fourth-order valence-electron chi connectivity index (χ4n) is 2.06. The van der Waals surface area contributed by atoms with Crippen LogP contribution >= 0.6 is 0 Å². The van der Waals surface area contributed by atoms with Crippen molar-refractivity contribution in [3.63, 3.8) is 0 Å². The third-order valence-corrected chi connectivity index (χ3v) is 3.29. The maximum Gasteiger partial charge on any atom is 0.328 e. The van der Waals surface area contributed by atoms with E-state index in [0.717, 1.165) is 5.56 Å². The molecule has 134 valence electrons. The van der Waals surface area contributed by atoms with E-state index in [2.05, 4.69) is 27.5 Å². The van der Waals surface area contributed by atoms with E-state index < -0.39 is 11.2 Å². The highest BCUT2D eigenvalue weighted by molar-refractivity contribution is 5.88. The molecule has 0 spiro atoms. The van der Waals surface area contributed by atoms with E-state index in [1.807, 2.05) is 0 Å². The molecule has 0 atom stereocenters. The van der Waals surface area contributed by atoms with Crippen molar-refractivity contribution in [2.75, 3.05) is 11.9 Å². The Kier molecular flexibility index (Phi) is 6.51. The van der Waals surface area contributed by atoms with Gasteiger partial charge in [-0.05, 0) is 24.3 Å². The molecule has 1 aromatic heterocycles. The molecule has 8 nitrogen and oxygen atoms in total. The first-order valence-electron chi connectivity index (χ1n) is 7.87. The second-order valence-corrected chi connectivity index (χ2v) is 5.39. The van der Waals surface area contributed by atoms with Gasteiger partial charge in [0.25, 0.3) is 5.56 Å². The zero-order chi connectivity index (χ0) is 18.9. The van der Waals surface area contributed by atoms with Gasteiger partial charge in [-0.3, -0.25) is 19.4 Å². The van der Waals surface area contributed by atoms with Gasteiger partial charge in [0.1, 0.15) is 0 Å². The number of carbonyl (C=O) groups is 2. The Bertz CT molecular complexity index is 961. The lowest BCUT2D eigenvalue weighted by Crippen LogP contribution is -2.31. The van der Waals surface area contributed by atoms with E-state index >= 15 is 0 Å². The van der Waals surface area contributed by atoms with Crippen molar-refractivity contribution in [1.29, 1.82) is 0 Å². The lowest BCUT2D eigenvalue weighted by molar-refractivity contribution is -0.121. The van der Waals surface area contributed by atoms with Crippen LogP contribution in [-0.2, 0) is 16.1 Å². The molecule has 0 unspecified atom stereocenters. The van der Waals surface area contributed by atoms with Gasteiger partial charge in [-0.25, -0.2) is 4.79 Å². The summed E-state index contributed by atoms with van der Waals surface area (Å²) < 4.78 is 1.25. The zero-order valence-electron chi connectivity index (χ0n) is 14.2. The predicted octanol–water partition coefficient (Wildman–Crippen LogP) is 0.0530. The minimum Gasteiger partial charge on any atom is -0.345 e. The van der Waals surface area contributed by atoms with Gasteiger partial charge in [0.15, 0.2) is 0 Å². The SMILES string of the molecule is CC(=O)Nc1ccc(C#CCNC(=O)CCn2ccc(=O)[nH]c2=O)cc1. The molecule has 3 N–H and O–H groups in total. The van der Waals surface area contributed by atoms with E-state index in [1.165, 1.54) is 23.8 Å². The quantitative estimate of drug-likeness (QED) is 0.659. The lowest BCUT2D eigenvalue weighted by atomic mass is 10.2. The van der Waals surface area contributed by atoms with Crippen molar-refractivity contribution in [2.45, 2.75) is 19.9 Å². The van der Waals surface area contributed by atoms with Crippen LogP contribution in [0.15, 0.2) is 46.1 Å². The first-order valence-corrected chi connectivity index (χ1v) is 7.87. The van der Waals surface area contributed by atoms with Crippen LogP contribution < -0.4 is 21.9 Å². The molecule has 2 rings (SSSR count). The molecule has 8 heteroatoms. The fraction of sp³-hybridized carbons (Fsp3) is 0.222. The van der Waals surface area contributed by atoms with Crippen molar-refractivity contribution in [2.24, 2.45) is 0 Å². The smallest absolute Gasteiger partial charge is 0.328 e. The zero-order valence-corrected chi connectivity index (χ0v) is 14.2. The molecule has 2 aromatic rings. The molecule has 2 amide bonds. The average Bonchev–Trinajstić information content (AvgIpc) is 2.59. The van der Waals surface area contributed by atoms with Crippen LogP contribution in [0, 0.1) is 11.8 Å². The number of rotatable bonds is 5. The minimum atomic E-state index is -0.548. The molecule has 0 radical (unpaired) electrons. The topological polar surface area (TPSA) is 113 Å². The van der Waals surface area contributed by atoms with Crippen molar-refractivity contribution >= 4 is 17.5 Å². The van der Waals surface area contributed by atoms with Crippen LogP contribution in [0.3, 0.4) is 0 Å². The molecule has 0 aliphatic carbocycles. The molecule has 0 aliphatic rings. The van der Waals surface area contributed by atoms with Crippen LogP contribution in [0.4, 0.5) is 5.69 Å². The summed E-state index contributed by atoms with van der Waals surface area (Å²) in [6.45, 7) is 1.77. The molecule has 0 aliphatic heterocycles. The highest BCUT2D eigenvalue weighted by atomic mass is 16.2. The minimum absolute atomic E-state index is 0.0963. The molecule has 0 bridgehead atoms. The number of anilines is 1.